The van der Waals surface area contributed by atoms with E-state index in [1.54, 1.807) is 16.7 Å². The van der Waals surface area contributed by atoms with Crippen molar-refractivity contribution in [1.82, 2.24) is 0 Å². The molecule has 4 atom stereocenters. The van der Waals surface area contributed by atoms with Crippen LogP contribution in [-0.4, -0.2) is 0 Å². The Labute approximate surface area is 83.7 Å². The number of rotatable bonds is 0. The molecule has 14 heavy (non-hydrogen) atoms. The Morgan fingerprint density at radius 2 is 2.29 bits per heavy atom. The first-order valence-corrected chi connectivity index (χ1v) is 5.63. The maximum Gasteiger partial charge on any atom is 0.0311 e. The van der Waals surface area contributed by atoms with E-state index in [0.717, 1.165) is 17.8 Å². The van der Waals surface area contributed by atoms with Gasteiger partial charge in [-0.05, 0) is 35.0 Å². The topological polar surface area (TPSA) is 0 Å². The van der Waals surface area contributed by atoms with E-state index >= 15 is 0 Å². The van der Waals surface area contributed by atoms with Crippen molar-refractivity contribution < 1.29 is 0 Å². The van der Waals surface area contributed by atoms with E-state index < -0.39 is 0 Å². The van der Waals surface area contributed by atoms with Crippen molar-refractivity contribution in [2.24, 2.45) is 23.2 Å². The van der Waals surface area contributed by atoms with Gasteiger partial charge in [0.05, 0.1) is 0 Å². The van der Waals surface area contributed by atoms with Gasteiger partial charge in [0.15, 0.2) is 0 Å². The van der Waals surface area contributed by atoms with Crippen LogP contribution < -0.4 is 0 Å². The quantitative estimate of drug-likeness (QED) is 0.537. The zero-order valence-electron chi connectivity index (χ0n) is 8.30. The molecule has 0 heteroatoms. The molecule has 0 heterocycles. The molecule has 5 rings (SSSR count). The standard InChI is InChI=1S/C14H12/c1-6-10-5-11-9-4-3-8-7(2)14(10,11)13(9)12(6)8/h3-4,6,10,13H,2,5H2,1H3. The highest BCUT2D eigenvalue weighted by atomic mass is 14.8. The summed E-state index contributed by atoms with van der Waals surface area (Å²) in [5, 5.41) is 0. The lowest BCUT2D eigenvalue weighted by molar-refractivity contribution is 0.115. The summed E-state index contributed by atoms with van der Waals surface area (Å²) in [6.07, 6.45) is 6.06. The average molecular weight is 180 g/mol. The van der Waals surface area contributed by atoms with Crippen LogP contribution in [0.25, 0.3) is 0 Å². The van der Waals surface area contributed by atoms with Gasteiger partial charge in [-0.25, -0.2) is 0 Å². The number of hydrogen-bond acceptors (Lipinski definition) is 0. The van der Waals surface area contributed by atoms with E-state index in [0.29, 0.717) is 5.41 Å². The minimum Gasteiger partial charge on any atom is -0.0943 e. The van der Waals surface area contributed by atoms with Crippen LogP contribution in [-0.2, 0) is 0 Å². The largest absolute Gasteiger partial charge is 0.0943 e. The third kappa shape index (κ3) is 0.302. The van der Waals surface area contributed by atoms with E-state index in [1.165, 1.54) is 17.6 Å². The monoisotopic (exact) mass is 180 g/mol. The first kappa shape index (κ1) is 6.44. The van der Waals surface area contributed by atoms with Crippen molar-refractivity contribution in [3.8, 4) is 0 Å². The molecule has 5 aliphatic carbocycles. The van der Waals surface area contributed by atoms with Crippen LogP contribution in [0.15, 0.2) is 46.6 Å². The zero-order chi connectivity index (χ0) is 9.24. The van der Waals surface area contributed by atoms with Gasteiger partial charge in [0.25, 0.3) is 0 Å². The van der Waals surface area contributed by atoms with Crippen molar-refractivity contribution in [2.45, 2.75) is 13.3 Å². The highest BCUT2D eigenvalue weighted by molar-refractivity contribution is 5.79. The van der Waals surface area contributed by atoms with E-state index in [9.17, 15) is 0 Å². The van der Waals surface area contributed by atoms with E-state index in [1.807, 2.05) is 0 Å². The van der Waals surface area contributed by atoms with Crippen LogP contribution in [0.2, 0.25) is 0 Å². The Hall–Kier alpha value is -1.04. The fraction of sp³-hybridized carbons (Fsp3) is 0.429. The Morgan fingerprint density at radius 1 is 1.43 bits per heavy atom. The molecule has 68 valence electrons. The van der Waals surface area contributed by atoms with Gasteiger partial charge < -0.3 is 0 Å². The fourth-order valence-electron chi connectivity index (χ4n) is 5.14. The van der Waals surface area contributed by atoms with Crippen molar-refractivity contribution >= 4 is 0 Å². The summed E-state index contributed by atoms with van der Waals surface area (Å²) in [5.74, 6) is 2.57. The average Bonchev–Trinajstić information content (AvgIpc) is 2.33. The Bertz CT molecular complexity index is 526. The molecule has 0 saturated heterocycles. The third-order valence-electron chi connectivity index (χ3n) is 5.59. The summed E-state index contributed by atoms with van der Waals surface area (Å²) < 4.78 is 0. The van der Waals surface area contributed by atoms with Crippen molar-refractivity contribution in [2.75, 3.05) is 0 Å². The maximum absolute atomic E-state index is 4.36. The fourth-order valence-corrected chi connectivity index (χ4v) is 5.14. The molecule has 0 N–H and O–H groups in total. The Balaban J connectivity index is 2.04. The first-order valence-electron chi connectivity index (χ1n) is 5.63. The van der Waals surface area contributed by atoms with Crippen LogP contribution in [0.3, 0.4) is 0 Å². The Kier molecular flexibility index (Phi) is 0.647. The van der Waals surface area contributed by atoms with Gasteiger partial charge in [0, 0.05) is 11.3 Å². The SMILES string of the molecule is C=C1C2=C3C(C)C4CC5=C(C=C2)C3C154. The number of allylic oxidation sites excluding steroid dienone is 7. The molecule has 5 aliphatic rings. The van der Waals surface area contributed by atoms with E-state index in [4.69, 9.17) is 0 Å². The van der Waals surface area contributed by atoms with Crippen LogP contribution in [0, 0.1) is 23.2 Å². The van der Waals surface area contributed by atoms with Gasteiger partial charge in [-0.1, -0.05) is 36.8 Å². The molecule has 0 radical (unpaired) electrons. The van der Waals surface area contributed by atoms with Gasteiger partial charge in [-0.15, -0.1) is 0 Å². The molecule has 2 saturated carbocycles. The Morgan fingerprint density at radius 3 is 3.14 bits per heavy atom. The predicted molar refractivity (Wildman–Crippen MR) is 55.5 cm³/mol. The smallest absolute Gasteiger partial charge is 0.0311 e. The lowest BCUT2D eigenvalue weighted by atomic mass is 9.43. The van der Waals surface area contributed by atoms with Gasteiger partial charge in [-0.3, -0.25) is 0 Å². The molecule has 0 aromatic carbocycles. The highest BCUT2D eigenvalue weighted by Gasteiger charge is 2.76. The summed E-state index contributed by atoms with van der Waals surface area (Å²) in [6, 6.07) is 0. The van der Waals surface area contributed by atoms with Crippen molar-refractivity contribution in [3.63, 3.8) is 0 Å². The number of hydrogen-bond donors (Lipinski definition) is 0. The second-order valence-electron chi connectivity index (χ2n) is 5.52. The van der Waals surface area contributed by atoms with Crippen LogP contribution in [0.4, 0.5) is 0 Å². The normalized spacial score (nSPS) is 54.1. The van der Waals surface area contributed by atoms with Crippen LogP contribution in [0.5, 0.6) is 0 Å². The highest BCUT2D eigenvalue weighted by Crippen LogP contribution is 2.85. The van der Waals surface area contributed by atoms with Gasteiger partial charge in [-0.2, -0.15) is 0 Å². The minimum absolute atomic E-state index is 0.489. The zero-order valence-corrected chi connectivity index (χ0v) is 8.30. The van der Waals surface area contributed by atoms with Gasteiger partial charge in [0.2, 0.25) is 0 Å². The molecule has 0 amide bonds. The molecule has 4 unspecified atom stereocenters. The molecule has 0 aliphatic heterocycles. The molecule has 0 aromatic heterocycles. The molecule has 0 aromatic rings. The lowest BCUT2D eigenvalue weighted by Crippen LogP contribution is -2.52. The maximum atomic E-state index is 4.36. The minimum atomic E-state index is 0.489. The molecular weight excluding hydrogens is 168 g/mol. The summed E-state index contributed by atoms with van der Waals surface area (Å²) in [7, 11) is 0. The van der Waals surface area contributed by atoms with Crippen LogP contribution >= 0.6 is 0 Å². The van der Waals surface area contributed by atoms with E-state index in [-0.39, 0.29) is 0 Å². The van der Waals surface area contributed by atoms with Crippen LogP contribution in [0.1, 0.15) is 13.3 Å². The first-order chi connectivity index (χ1) is 6.78. The molecular formula is C14H12. The molecule has 0 nitrogen and oxygen atoms in total. The lowest BCUT2D eigenvalue weighted by Gasteiger charge is -2.59. The third-order valence-corrected chi connectivity index (χ3v) is 5.59. The summed E-state index contributed by atoms with van der Waals surface area (Å²) in [4.78, 5) is 0. The summed E-state index contributed by atoms with van der Waals surface area (Å²) in [6.45, 7) is 6.79. The molecule has 1 spiro atoms. The van der Waals surface area contributed by atoms with Crippen molar-refractivity contribution in [3.05, 3.63) is 46.6 Å². The van der Waals surface area contributed by atoms with Gasteiger partial charge >= 0.3 is 0 Å². The van der Waals surface area contributed by atoms with E-state index in [2.05, 4.69) is 25.7 Å². The molecule has 2 fully saturated rings. The summed E-state index contributed by atoms with van der Waals surface area (Å²) in [5.41, 5.74) is 8.66. The predicted octanol–water partition coefficient (Wildman–Crippen LogP) is 3.01. The second-order valence-corrected chi connectivity index (χ2v) is 5.52. The second kappa shape index (κ2) is 1.41. The van der Waals surface area contributed by atoms with Crippen molar-refractivity contribution in [1.29, 1.82) is 0 Å². The summed E-state index contributed by atoms with van der Waals surface area (Å²) >= 11 is 0. The van der Waals surface area contributed by atoms with Gasteiger partial charge in [0.1, 0.15) is 0 Å². The molecule has 4 bridgehead atoms.